The van der Waals surface area contributed by atoms with Gasteiger partial charge in [0.2, 0.25) is 0 Å². The number of halogens is 2. The molecule has 4 aromatic heterocycles. The minimum atomic E-state index is -1.14. The summed E-state index contributed by atoms with van der Waals surface area (Å²) in [5.74, 6) is 0.0833. The molecule has 12 heteroatoms. The van der Waals surface area contributed by atoms with Crippen LogP contribution < -0.4 is 4.90 Å². The van der Waals surface area contributed by atoms with Gasteiger partial charge in [0.05, 0.1) is 17.9 Å². The van der Waals surface area contributed by atoms with Gasteiger partial charge in [0.15, 0.2) is 0 Å². The van der Waals surface area contributed by atoms with Crippen molar-refractivity contribution in [1.29, 1.82) is 5.26 Å². The van der Waals surface area contributed by atoms with Crippen LogP contribution in [0.4, 0.5) is 9.39 Å². The maximum absolute atomic E-state index is 14.4. The van der Waals surface area contributed by atoms with Crippen molar-refractivity contribution in [1.82, 2.24) is 24.3 Å². The molecule has 1 aliphatic rings. The molecule has 4 aromatic rings. The third kappa shape index (κ3) is 5.56. The van der Waals surface area contributed by atoms with Crippen LogP contribution in [0.5, 0.6) is 0 Å². The lowest BCUT2D eigenvalue weighted by atomic mass is 10.0. The Morgan fingerprint density at radius 3 is 2.95 bits per heavy atom. The Hall–Kier alpha value is -2.59. The number of nitrogens with zero attached hydrogens (tertiary/aromatic N) is 7. The van der Waals surface area contributed by atoms with E-state index in [0.29, 0.717) is 18.8 Å². The number of hydrogen-bond donors (Lipinski definition) is 0. The van der Waals surface area contributed by atoms with Crippen molar-refractivity contribution >= 4 is 51.4 Å². The van der Waals surface area contributed by atoms with Gasteiger partial charge in [-0.25, -0.2) is 14.4 Å². The SMILES string of the molecule is C[Si](C)(C)CCOCn1ccc2c(-c3cnn(C(CF)C4CCN(c5scc(Br)c5C#N)C4)c3)ncnc21. The van der Waals surface area contributed by atoms with E-state index >= 15 is 0 Å². The number of anilines is 1. The van der Waals surface area contributed by atoms with Gasteiger partial charge in [-0.05, 0) is 34.5 Å². The molecule has 1 aliphatic heterocycles. The van der Waals surface area contributed by atoms with Gasteiger partial charge in [-0.1, -0.05) is 19.6 Å². The zero-order chi connectivity index (χ0) is 26.9. The van der Waals surface area contributed by atoms with Crippen LogP contribution in [0.2, 0.25) is 25.7 Å². The topological polar surface area (TPSA) is 84.8 Å². The summed E-state index contributed by atoms with van der Waals surface area (Å²) in [5, 5.41) is 17.9. The maximum atomic E-state index is 14.4. The predicted octanol–water partition coefficient (Wildman–Crippen LogP) is 6.34. The van der Waals surface area contributed by atoms with E-state index in [1.165, 1.54) is 0 Å². The average Bonchev–Trinajstić information content (AvgIpc) is 3.68. The van der Waals surface area contributed by atoms with Crippen molar-refractivity contribution < 1.29 is 9.13 Å². The highest BCUT2D eigenvalue weighted by atomic mass is 79.9. The van der Waals surface area contributed by atoms with Gasteiger partial charge >= 0.3 is 0 Å². The summed E-state index contributed by atoms with van der Waals surface area (Å²) >= 11 is 5.00. The minimum Gasteiger partial charge on any atom is -0.362 e. The monoisotopic (exact) mass is 615 g/mol. The molecule has 200 valence electrons. The quantitative estimate of drug-likeness (QED) is 0.153. The highest BCUT2D eigenvalue weighted by Gasteiger charge is 2.33. The molecular weight excluding hydrogens is 585 g/mol. The number of thiophene rings is 1. The summed E-state index contributed by atoms with van der Waals surface area (Å²) in [4.78, 5) is 11.2. The average molecular weight is 617 g/mol. The third-order valence-corrected chi connectivity index (χ3v) is 10.7. The Morgan fingerprint density at radius 2 is 2.18 bits per heavy atom. The molecule has 1 fully saturated rings. The van der Waals surface area contributed by atoms with E-state index in [2.05, 4.69) is 61.6 Å². The smallest absolute Gasteiger partial charge is 0.145 e. The fourth-order valence-corrected chi connectivity index (χ4v) is 7.25. The second-order valence-corrected chi connectivity index (χ2v) is 18.2. The molecule has 0 N–H and O–H groups in total. The molecule has 1 saturated heterocycles. The summed E-state index contributed by atoms with van der Waals surface area (Å²) < 4.78 is 24.9. The van der Waals surface area contributed by atoms with Crippen LogP contribution in [-0.4, -0.2) is 58.8 Å². The zero-order valence-corrected chi connectivity index (χ0v) is 25.2. The lowest BCUT2D eigenvalue weighted by molar-refractivity contribution is 0.0899. The first-order valence-electron chi connectivity index (χ1n) is 12.7. The first-order valence-corrected chi connectivity index (χ1v) is 18.1. The molecule has 0 spiro atoms. The van der Waals surface area contributed by atoms with Gasteiger partial charge in [0.25, 0.3) is 0 Å². The van der Waals surface area contributed by atoms with Crippen molar-refractivity contribution in [3.63, 3.8) is 0 Å². The number of hydrogen-bond acceptors (Lipinski definition) is 7. The zero-order valence-electron chi connectivity index (χ0n) is 21.8. The van der Waals surface area contributed by atoms with E-state index in [4.69, 9.17) is 4.74 Å². The van der Waals surface area contributed by atoms with Gasteiger partial charge in [-0.2, -0.15) is 10.4 Å². The van der Waals surface area contributed by atoms with Crippen molar-refractivity contribution in [3.05, 3.63) is 46.4 Å². The fraction of sp³-hybridized carbons (Fsp3) is 0.462. The molecule has 0 bridgehead atoms. The standard InChI is InChI=1S/C26H31BrFN7OSSi/c1-38(2,3)9-8-36-17-34-7-5-20-24(30-16-31-25(20)34)19-12-32-35(14-19)23(10-28)18-4-6-33(13-18)26-21(11-29)22(27)15-37-26/h5,7,12,14-16,18,23H,4,6,8-10,13,17H2,1-3H3. The molecule has 38 heavy (non-hydrogen) atoms. The van der Waals surface area contributed by atoms with Crippen LogP contribution in [0, 0.1) is 17.2 Å². The van der Waals surface area contributed by atoms with Crippen molar-refractivity contribution in [2.24, 2.45) is 5.92 Å². The Morgan fingerprint density at radius 1 is 1.34 bits per heavy atom. The van der Waals surface area contributed by atoms with E-state index in [1.807, 2.05) is 28.4 Å². The Labute approximate surface area is 235 Å². The lowest BCUT2D eigenvalue weighted by Gasteiger charge is -2.22. The lowest BCUT2D eigenvalue weighted by Crippen LogP contribution is -2.26. The molecule has 0 saturated carbocycles. The molecule has 0 radical (unpaired) electrons. The molecule has 5 heterocycles. The molecule has 2 atom stereocenters. The largest absolute Gasteiger partial charge is 0.362 e. The van der Waals surface area contributed by atoms with Gasteiger partial charge in [-0.15, -0.1) is 11.3 Å². The summed E-state index contributed by atoms with van der Waals surface area (Å²) in [6, 6.07) is 5.01. The number of aromatic nitrogens is 5. The molecule has 2 unspecified atom stereocenters. The van der Waals surface area contributed by atoms with Crippen LogP contribution in [0.3, 0.4) is 0 Å². The molecule has 0 aliphatic carbocycles. The third-order valence-electron chi connectivity index (χ3n) is 7.05. The molecule has 0 aromatic carbocycles. The molecular formula is C26H31BrFN7OSSi. The molecule has 0 amide bonds. The van der Waals surface area contributed by atoms with Gasteiger partial charge < -0.3 is 14.2 Å². The van der Waals surface area contributed by atoms with Crippen molar-refractivity contribution in [3.8, 4) is 17.3 Å². The van der Waals surface area contributed by atoms with Crippen LogP contribution in [0.1, 0.15) is 18.0 Å². The van der Waals surface area contributed by atoms with Gasteiger partial charge in [0.1, 0.15) is 42.0 Å². The van der Waals surface area contributed by atoms with Gasteiger partial charge in [-0.3, -0.25) is 4.68 Å². The first kappa shape index (κ1) is 27.0. The second kappa shape index (κ2) is 11.3. The summed E-state index contributed by atoms with van der Waals surface area (Å²) in [6.45, 7) is 9.16. The Balaban J connectivity index is 1.31. The van der Waals surface area contributed by atoms with E-state index in [9.17, 15) is 9.65 Å². The molecule has 8 nitrogen and oxygen atoms in total. The van der Waals surface area contributed by atoms with Crippen LogP contribution in [0.25, 0.3) is 22.3 Å². The number of nitriles is 1. The van der Waals surface area contributed by atoms with Crippen molar-refractivity contribution in [2.75, 3.05) is 31.3 Å². The van der Waals surface area contributed by atoms with Crippen LogP contribution in [-0.2, 0) is 11.5 Å². The summed E-state index contributed by atoms with van der Waals surface area (Å²) in [7, 11) is -1.14. The Kier molecular flexibility index (Phi) is 8.00. The van der Waals surface area contributed by atoms with E-state index in [1.54, 1.807) is 28.5 Å². The van der Waals surface area contributed by atoms with Crippen molar-refractivity contribution in [2.45, 2.75) is 44.9 Å². The highest BCUT2D eigenvalue weighted by Crippen LogP contribution is 2.39. The van der Waals surface area contributed by atoms with Crippen LogP contribution >= 0.6 is 27.3 Å². The molecule has 5 rings (SSSR count). The van der Waals surface area contributed by atoms with E-state index < -0.39 is 14.7 Å². The number of fused-ring (bicyclic) bond motifs is 1. The fourth-order valence-electron chi connectivity index (χ4n) is 4.88. The van der Waals surface area contributed by atoms with Gasteiger partial charge in [0, 0.05) is 66.9 Å². The highest BCUT2D eigenvalue weighted by molar-refractivity contribution is 9.10. The number of ether oxygens (including phenoxy) is 1. The van der Waals surface area contributed by atoms with E-state index in [0.717, 1.165) is 57.4 Å². The number of rotatable bonds is 10. The number of alkyl halides is 1. The Bertz CT molecular complexity index is 1460. The summed E-state index contributed by atoms with van der Waals surface area (Å²) in [6.07, 6.45) is 8.00. The minimum absolute atomic E-state index is 0.0833. The maximum Gasteiger partial charge on any atom is 0.145 e. The normalized spacial score (nSPS) is 16.8. The first-order chi connectivity index (χ1) is 18.3. The van der Waals surface area contributed by atoms with E-state index in [-0.39, 0.29) is 12.0 Å². The second-order valence-electron chi connectivity index (χ2n) is 10.9. The summed E-state index contributed by atoms with van der Waals surface area (Å²) in [5.41, 5.74) is 3.06. The van der Waals surface area contributed by atoms with Crippen LogP contribution in [0.15, 0.2) is 40.8 Å². The predicted molar refractivity (Wildman–Crippen MR) is 155 cm³/mol.